The highest BCUT2D eigenvalue weighted by Crippen LogP contribution is 2.25. The molecule has 0 bridgehead atoms. The highest BCUT2D eigenvalue weighted by atomic mass is 32.2. The summed E-state index contributed by atoms with van der Waals surface area (Å²) in [6.45, 7) is 4.94. The number of nitro benzene ring substituents is 1. The minimum atomic E-state index is -3.90. The van der Waals surface area contributed by atoms with Crippen LogP contribution in [0.15, 0.2) is 29.7 Å². The second-order valence-corrected chi connectivity index (χ2v) is 5.54. The smallest absolute Gasteiger partial charge is 0.258 e. The Labute approximate surface area is 110 Å². The number of sulfonamides is 1. The minimum absolute atomic E-state index is 0.106. The largest absolute Gasteiger partial charge is 0.306 e. The molecule has 0 spiro atoms. The lowest BCUT2D eigenvalue weighted by molar-refractivity contribution is -0.387. The summed E-state index contributed by atoms with van der Waals surface area (Å²) in [6.07, 6.45) is 1.95. The molecule has 1 aromatic carbocycles. The van der Waals surface area contributed by atoms with E-state index in [1.54, 1.807) is 0 Å². The number of hydrogen-bond donors (Lipinski definition) is 1. The molecule has 0 radical (unpaired) electrons. The lowest BCUT2D eigenvalue weighted by atomic mass is 10.2. The predicted molar refractivity (Wildman–Crippen MR) is 67.8 cm³/mol. The van der Waals surface area contributed by atoms with Gasteiger partial charge in [-0.15, -0.1) is 6.58 Å². The Morgan fingerprint density at radius 3 is 2.68 bits per heavy atom. The lowest BCUT2D eigenvalue weighted by Crippen LogP contribution is -2.25. The van der Waals surface area contributed by atoms with E-state index in [0.717, 1.165) is 12.1 Å². The number of rotatable bonds is 6. The Balaban J connectivity index is 3.22. The summed E-state index contributed by atoms with van der Waals surface area (Å²) in [5, 5.41) is 10.6. The van der Waals surface area contributed by atoms with Crippen molar-refractivity contribution in [2.45, 2.75) is 18.2 Å². The van der Waals surface area contributed by atoms with Crippen molar-refractivity contribution >= 4 is 15.7 Å². The number of halogens is 1. The molecule has 0 heterocycles. The van der Waals surface area contributed by atoms with Crippen molar-refractivity contribution in [3.63, 3.8) is 0 Å². The van der Waals surface area contributed by atoms with Crippen LogP contribution in [0.1, 0.15) is 12.0 Å². The van der Waals surface area contributed by atoms with Gasteiger partial charge in [0.1, 0.15) is 0 Å². The molecule has 0 fully saturated rings. The Bertz CT molecular complexity index is 613. The Morgan fingerprint density at radius 2 is 2.16 bits per heavy atom. The first-order valence-electron chi connectivity index (χ1n) is 5.34. The number of nitrogens with zero attached hydrogens (tertiary/aromatic N) is 1. The van der Waals surface area contributed by atoms with Crippen molar-refractivity contribution in [3.8, 4) is 0 Å². The zero-order chi connectivity index (χ0) is 14.6. The molecule has 0 unspecified atom stereocenters. The van der Waals surface area contributed by atoms with Crippen LogP contribution in [0.2, 0.25) is 0 Å². The second kappa shape index (κ2) is 5.89. The van der Waals surface area contributed by atoms with Crippen LogP contribution in [0.4, 0.5) is 10.1 Å². The molecule has 1 aromatic rings. The van der Waals surface area contributed by atoms with Gasteiger partial charge in [-0.3, -0.25) is 10.1 Å². The maximum Gasteiger partial charge on any atom is 0.306 e. The molecular weight excluding hydrogens is 275 g/mol. The summed E-state index contributed by atoms with van der Waals surface area (Å²) in [5.41, 5.74) is -0.760. The molecule has 6 nitrogen and oxygen atoms in total. The first-order valence-corrected chi connectivity index (χ1v) is 6.83. The fraction of sp³-hybridized carbons (Fsp3) is 0.273. The molecular formula is C11H13FN2O4S. The average Bonchev–Trinajstić information content (AvgIpc) is 2.28. The number of aryl methyl sites for hydroxylation is 1. The number of hydrogen-bond acceptors (Lipinski definition) is 4. The third kappa shape index (κ3) is 3.58. The van der Waals surface area contributed by atoms with Crippen molar-refractivity contribution in [2.24, 2.45) is 0 Å². The van der Waals surface area contributed by atoms with Gasteiger partial charge < -0.3 is 0 Å². The average molecular weight is 288 g/mol. The van der Waals surface area contributed by atoms with Crippen LogP contribution >= 0.6 is 0 Å². The molecule has 0 aliphatic heterocycles. The minimum Gasteiger partial charge on any atom is -0.258 e. The molecule has 0 amide bonds. The van der Waals surface area contributed by atoms with Crippen LogP contribution in [0.25, 0.3) is 0 Å². The van der Waals surface area contributed by atoms with Gasteiger partial charge in [0.05, 0.1) is 9.82 Å². The summed E-state index contributed by atoms with van der Waals surface area (Å²) >= 11 is 0. The number of benzene rings is 1. The normalized spacial score (nSPS) is 11.3. The molecule has 104 valence electrons. The molecule has 0 atom stereocenters. The van der Waals surface area contributed by atoms with Crippen LogP contribution < -0.4 is 4.72 Å². The summed E-state index contributed by atoms with van der Waals surface area (Å²) in [4.78, 5) is 9.35. The molecule has 0 aliphatic rings. The van der Waals surface area contributed by atoms with Crippen molar-refractivity contribution in [1.82, 2.24) is 4.72 Å². The molecule has 0 aliphatic carbocycles. The van der Waals surface area contributed by atoms with Crippen LogP contribution in [-0.4, -0.2) is 19.9 Å². The Hall–Kier alpha value is -1.80. The molecule has 19 heavy (non-hydrogen) atoms. The maximum atomic E-state index is 13.3. The van der Waals surface area contributed by atoms with Gasteiger partial charge in [0.2, 0.25) is 15.8 Å². The van der Waals surface area contributed by atoms with Crippen LogP contribution in [0.3, 0.4) is 0 Å². The van der Waals surface area contributed by atoms with Crippen LogP contribution in [0, 0.1) is 22.9 Å². The van der Waals surface area contributed by atoms with Gasteiger partial charge in [0.15, 0.2) is 0 Å². The van der Waals surface area contributed by atoms with E-state index >= 15 is 0 Å². The van der Waals surface area contributed by atoms with E-state index in [4.69, 9.17) is 0 Å². The highest BCUT2D eigenvalue weighted by molar-refractivity contribution is 7.89. The van der Waals surface area contributed by atoms with E-state index < -0.39 is 26.5 Å². The fourth-order valence-electron chi connectivity index (χ4n) is 1.44. The first-order chi connectivity index (χ1) is 8.79. The van der Waals surface area contributed by atoms with Crippen LogP contribution in [0.5, 0.6) is 0 Å². The van der Waals surface area contributed by atoms with Gasteiger partial charge in [-0.25, -0.2) is 13.1 Å². The summed E-state index contributed by atoms with van der Waals surface area (Å²) in [6, 6.07) is 1.56. The quantitative estimate of drug-likeness (QED) is 0.374. The summed E-state index contributed by atoms with van der Waals surface area (Å²) < 4.78 is 39.4. The van der Waals surface area contributed by atoms with E-state index in [1.165, 1.54) is 13.0 Å². The molecule has 0 aromatic heterocycles. The van der Waals surface area contributed by atoms with Gasteiger partial charge in [0, 0.05) is 12.6 Å². The Kier molecular flexibility index (Phi) is 4.73. The highest BCUT2D eigenvalue weighted by Gasteiger charge is 2.23. The summed E-state index contributed by atoms with van der Waals surface area (Å²) in [5.74, 6) is -1.06. The van der Waals surface area contributed by atoms with Crippen molar-refractivity contribution < 1.29 is 17.7 Å². The molecule has 1 rings (SSSR count). The lowest BCUT2D eigenvalue weighted by Gasteiger charge is -2.08. The molecule has 8 heteroatoms. The van der Waals surface area contributed by atoms with Crippen LogP contribution in [-0.2, 0) is 10.0 Å². The van der Waals surface area contributed by atoms with Crippen molar-refractivity contribution in [1.29, 1.82) is 0 Å². The SMILES string of the molecule is C=CCCNS(=O)(=O)c1cc([N+](=O)[O-])c(F)cc1C. The monoisotopic (exact) mass is 288 g/mol. The molecule has 1 N–H and O–H groups in total. The van der Waals surface area contributed by atoms with Crippen molar-refractivity contribution in [3.05, 3.63) is 46.3 Å². The van der Waals surface area contributed by atoms with E-state index in [1.807, 2.05) is 0 Å². The van der Waals surface area contributed by atoms with Gasteiger partial charge in [-0.2, -0.15) is 4.39 Å². The molecule has 0 saturated heterocycles. The van der Waals surface area contributed by atoms with Crippen molar-refractivity contribution in [2.75, 3.05) is 6.54 Å². The molecule has 0 saturated carbocycles. The van der Waals surface area contributed by atoms with E-state index in [0.29, 0.717) is 6.42 Å². The maximum absolute atomic E-state index is 13.3. The van der Waals surface area contributed by atoms with Gasteiger partial charge in [-0.05, 0) is 25.0 Å². The topological polar surface area (TPSA) is 89.3 Å². The number of nitrogens with one attached hydrogen (secondary N) is 1. The summed E-state index contributed by atoms with van der Waals surface area (Å²) in [7, 11) is -3.90. The second-order valence-electron chi connectivity index (χ2n) is 3.80. The van der Waals surface area contributed by atoms with E-state index in [-0.39, 0.29) is 17.0 Å². The zero-order valence-electron chi connectivity index (χ0n) is 10.2. The predicted octanol–water partition coefficient (Wildman–Crippen LogP) is 1.90. The third-order valence-corrected chi connectivity index (χ3v) is 3.97. The van der Waals surface area contributed by atoms with Gasteiger partial charge in [0.25, 0.3) is 0 Å². The van der Waals surface area contributed by atoms with E-state index in [9.17, 15) is 22.9 Å². The third-order valence-electron chi connectivity index (χ3n) is 2.37. The van der Waals surface area contributed by atoms with Gasteiger partial charge >= 0.3 is 5.69 Å². The fourth-order valence-corrected chi connectivity index (χ4v) is 2.74. The Morgan fingerprint density at radius 1 is 1.53 bits per heavy atom. The first kappa shape index (κ1) is 15.3. The standard InChI is InChI=1S/C11H13FN2O4S/c1-3-4-5-13-19(17,18)11-7-10(14(15)16)9(12)6-8(11)2/h3,6-7,13H,1,4-5H2,2H3. The zero-order valence-corrected chi connectivity index (χ0v) is 11.0. The number of nitro groups is 1. The van der Waals surface area contributed by atoms with E-state index in [2.05, 4.69) is 11.3 Å². The van der Waals surface area contributed by atoms with Gasteiger partial charge in [-0.1, -0.05) is 6.08 Å².